The zero-order chi connectivity index (χ0) is 28.6. The number of ether oxygens (including phenoxy) is 2. The summed E-state index contributed by atoms with van der Waals surface area (Å²) in [6, 6.07) is 12.2. The number of nitrogens with zero attached hydrogens (tertiary/aromatic N) is 1. The van der Waals surface area contributed by atoms with E-state index in [9.17, 15) is 9.59 Å². The number of amides is 2. The molecular formula is C29H38BFN2O6. The number of carbonyl (C=O) groups excluding carboxylic acids is 2. The van der Waals surface area contributed by atoms with Crippen LogP contribution in [-0.4, -0.2) is 53.6 Å². The van der Waals surface area contributed by atoms with Crippen LogP contribution in [0.15, 0.2) is 42.5 Å². The summed E-state index contributed by atoms with van der Waals surface area (Å²) < 4.78 is 39.5. The fraction of sp³-hybridized carbons (Fsp3) is 0.517. The number of carbonyl (C=O) groups is 2. The van der Waals surface area contributed by atoms with E-state index >= 15 is 4.39 Å². The summed E-state index contributed by atoms with van der Waals surface area (Å²) in [5, 5.41) is 2.67. The Morgan fingerprint density at radius 2 is 1.72 bits per heavy atom. The van der Waals surface area contributed by atoms with E-state index < -0.39 is 36.0 Å². The van der Waals surface area contributed by atoms with E-state index in [0.29, 0.717) is 36.2 Å². The van der Waals surface area contributed by atoms with Gasteiger partial charge in [-0.2, -0.15) is 0 Å². The van der Waals surface area contributed by atoms with Crippen molar-refractivity contribution in [2.75, 3.05) is 11.9 Å². The highest BCUT2D eigenvalue weighted by atomic mass is 19.1. The third-order valence-corrected chi connectivity index (χ3v) is 7.75. The molecule has 2 aromatic carbocycles. The molecule has 0 radical (unpaired) electrons. The van der Waals surface area contributed by atoms with E-state index in [1.807, 2.05) is 71.9 Å². The van der Waals surface area contributed by atoms with E-state index in [1.165, 1.54) is 13.0 Å². The van der Waals surface area contributed by atoms with E-state index in [-0.39, 0.29) is 18.6 Å². The van der Waals surface area contributed by atoms with Gasteiger partial charge in [0.05, 0.1) is 23.9 Å². The molecule has 0 saturated carbocycles. The summed E-state index contributed by atoms with van der Waals surface area (Å²) in [4.78, 5) is 26.5. The van der Waals surface area contributed by atoms with Crippen molar-refractivity contribution in [1.29, 1.82) is 0 Å². The summed E-state index contributed by atoms with van der Waals surface area (Å²) in [5.74, 6) is -0.834. The van der Waals surface area contributed by atoms with Crippen LogP contribution in [0.2, 0.25) is 0 Å². The smallest absolute Gasteiger partial charge is 0.444 e. The molecule has 0 spiro atoms. The number of benzene rings is 2. The number of aryl methyl sites for hydroxylation is 1. The Bertz CT molecular complexity index is 1200. The van der Waals surface area contributed by atoms with Crippen LogP contribution in [0.25, 0.3) is 0 Å². The van der Waals surface area contributed by atoms with E-state index in [0.717, 1.165) is 5.56 Å². The standard InChI is InChI=1S/C29H38BFN2O6/c1-19(34)32-22-15-21(25(24(31)16-22)30-38-27(2,3)28(4,5)39-30)13-14-23-18-37-29(6,7)33(23)26(35)36-17-20-11-9-8-10-12-20/h8-12,15-16,23H,13-14,17-18H2,1-7H3,(H,32,34)/t23-/m0/s1. The van der Waals surface area contributed by atoms with Gasteiger partial charge in [0.15, 0.2) is 0 Å². The molecule has 0 aliphatic carbocycles. The average molecular weight is 540 g/mol. The van der Waals surface area contributed by atoms with Crippen LogP contribution in [0.1, 0.15) is 66.0 Å². The minimum atomic E-state index is -0.917. The summed E-state index contributed by atoms with van der Waals surface area (Å²) in [6.45, 7) is 13.1. The van der Waals surface area contributed by atoms with E-state index in [1.54, 1.807) is 11.0 Å². The van der Waals surface area contributed by atoms with Gasteiger partial charge in [0, 0.05) is 18.1 Å². The highest BCUT2D eigenvalue weighted by molar-refractivity contribution is 6.62. The van der Waals surface area contributed by atoms with Gasteiger partial charge < -0.3 is 24.1 Å². The molecule has 2 amide bonds. The van der Waals surface area contributed by atoms with Crippen LogP contribution in [0, 0.1) is 5.82 Å². The molecule has 0 bridgehead atoms. The zero-order valence-electron chi connectivity index (χ0n) is 23.8. The van der Waals surface area contributed by atoms with Gasteiger partial charge in [-0.25, -0.2) is 9.18 Å². The molecule has 1 N–H and O–H groups in total. The third kappa shape index (κ3) is 6.29. The van der Waals surface area contributed by atoms with Gasteiger partial charge in [-0.3, -0.25) is 9.69 Å². The van der Waals surface area contributed by atoms with Crippen LogP contribution in [0.3, 0.4) is 0 Å². The summed E-state index contributed by atoms with van der Waals surface area (Å²) in [7, 11) is -0.917. The van der Waals surface area contributed by atoms with Crippen LogP contribution < -0.4 is 10.8 Å². The van der Waals surface area contributed by atoms with E-state index in [2.05, 4.69) is 5.32 Å². The number of nitrogens with one attached hydrogen (secondary N) is 1. The van der Waals surface area contributed by atoms with Crippen LogP contribution in [-0.2, 0) is 36.6 Å². The largest absolute Gasteiger partial charge is 0.498 e. The predicted octanol–water partition coefficient (Wildman–Crippen LogP) is 4.79. The van der Waals surface area contributed by atoms with Crippen molar-refractivity contribution in [1.82, 2.24) is 4.90 Å². The van der Waals surface area contributed by atoms with Crippen molar-refractivity contribution in [3.05, 3.63) is 59.4 Å². The normalized spacial score (nSPS) is 21.2. The molecule has 8 nitrogen and oxygen atoms in total. The first kappa shape index (κ1) is 29.0. The molecule has 2 fully saturated rings. The van der Waals surface area contributed by atoms with Gasteiger partial charge in [0.25, 0.3) is 0 Å². The number of rotatable bonds is 7. The van der Waals surface area contributed by atoms with Gasteiger partial charge >= 0.3 is 13.2 Å². The van der Waals surface area contributed by atoms with Crippen molar-refractivity contribution < 1.29 is 32.8 Å². The first-order valence-corrected chi connectivity index (χ1v) is 13.3. The molecule has 210 valence electrons. The van der Waals surface area contributed by atoms with Crippen LogP contribution >= 0.6 is 0 Å². The number of halogens is 1. The minimum absolute atomic E-state index is 0.148. The molecule has 0 aromatic heterocycles. The van der Waals surface area contributed by atoms with Crippen LogP contribution in [0.5, 0.6) is 0 Å². The molecule has 10 heteroatoms. The van der Waals surface area contributed by atoms with Crippen LogP contribution in [0.4, 0.5) is 14.9 Å². The van der Waals surface area contributed by atoms with Gasteiger partial charge in [-0.05, 0) is 77.6 Å². The quantitative estimate of drug-likeness (QED) is 0.509. The molecular weight excluding hydrogens is 502 g/mol. The van der Waals surface area contributed by atoms with Crippen molar-refractivity contribution in [3.8, 4) is 0 Å². The van der Waals surface area contributed by atoms with Crippen molar-refractivity contribution in [2.45, 2.75) is 90.9 Å². The molecule has 4 rings (SSSR count). The topological polar surface area (TPSA) is 86.3 Å². The van der Waals surface area contributed by atoms with Crippen molar-refractivity contribution in [2.24, 2.45) is 0 Å². The molecule has 2 saturated heterocycles. The Labute approximate surface area is 230 Å². The van der Waals surface area contributed by atoms with Gasteiger partial charge in [-0.15, -0.1) is 0 Å². The third-order valence-electron chi connectivity index (χ3n) is 7.75. The lowest BCUT2D eigenvalue weighted by atomic mass is 9.74. The predicted molar refractivity (Wildman–Crippen MR) is 147 cm³/mol. The Kier molecular flexibility index (Phi) is 8.12. The maximum absolute atomic E-state index is 15.6. The molecule has 2 heterocycles. The minimum Gasteiger partial charge on any atom is -0.444 e. The summed E-state index contributed by atoms with van der Waals surface area (Å²) in [5.41, 5.74) is -0.0228. The number of hydrogen-bond donors (Lipinski definition) is 1. The maximum Gasteiger partial charge on any atom is 0.498 e. The lowest BCUT2D eigenvalue weighted by molar-refractivity contribution is -0.114. The van der Waals surface area contributed by atoms with Crippen molar-refractivity contribution >= 4 is 30.3 Å². The Balaban J connectivity index is 1.57. The highest BCUT2D eigenvalue weighted by Gasteiger charge is 2.53. The SMILES string of the molecule is CC(=O)Nc1cc(F)c(B2OC(C)(C)C(C)(C)O2)c(CC[C@H]2COC(C)(C)N2C(=O)OCc2ccccc2)c1. The second-order valence-electron chi connectivity index (χ2n) is 11.7. The molecule has 2 aromatic rings. The lowest BCUT2D eigenvalue weighted by Crippen LogP contribution is -2.48. The van der Waals surface area contributed by atoms with E-state index in [4.69, 9.17) is 18.8 Å². The summed E-state index contributed by atoms with van der Waals surface area (Å²) in [6.07, 6.45) is 0.381. The molecule has 1 atom stereocenters. The number of anilines is 1. The maximum atomic E-state index is 15.6. The molecule has 2 aliphatic rings. The monoisotopic (exact) mass is 540 g/mol. The Morgan fingerprint density at radius 3 is 2.33 bits per heavy atom. The fourth-order valence-electron chi connectivity index (χ4n) is 4.96. The fourth-order valence-corrected chi connectivity index (χ4v) is 4.96. The molecule has 39 heavy (non-hydrogen) atoms. The second kappa shape index (κ2) is 10.9. The summed E-state index contributed by atoms with van der Waals surface area (Å²) >= 11 is 0. The molecule has 2 aliphatic heterocycles. The zero-order valence-corrected chi connectivity index (χ0v) is 23.8. The van der Waals surface area contributed by atoms with Crippen molar-refractivity contribution in [3.63, 3.8) is 0 Å². The lowest BCUT2D eigenvalue weighted by Gasteiger charge is -2.33. The Hall–Kier alpha value is -2.95. The van der Waals surface area contributed by atoms with Gasteiger partial charge in [0.1, 0.15) is 18.1 Å². The van der Waals surface area contributed by atoms with Gasteiger partial charge in [-0.1, -0.05) is 30.3 Å². The highest BCUT2D eigenvalue weighted by Crippen LogP contribution is 2.37. The first-order valence-electron chi connectivity index (χ1n) is 13.3. The second-order valence-corrected chi connectivity index (χ2v) is 11.7. The molecule has 0 unspecified atom stereocenters. The Morgan fingerprint density at radius 1 is 1.08 bits per heavy atom. The van der Waals surface area contributed by atoms with Gasteiger partial charge in [0.2, 0.25) is 5.91 Å². The number of hydrogen-bond acceptors (Lipinski definition) is 6. The average Bonchev–Trinajstić information content (AvgIpc) is 3.25. The first-order chi connectivity index (χ1) is 18.2.